The van der Waals surface area contributed by atoms with Gasteiger partial charge in [-0.3, -0.25) is 0 Å². The van der Waals surface area contributed by atoms with Crippen molar-refractivity contribution in [1.29, 1.82) is 0 Å². The predicted octanol–water partition coefficient (Wildman–Crippen LogP) is 1.39. The number of carbonyl (C=O) groups is 2. The molecule has 3 unspecified atom stereocenters. The van der Waals surface area contributed by atoms with Crippen LogP contribution in [0.15, 0.2) is 0 Å². The average Bonchev–Trinajstić information content (AvgIpc) is 2.73. The number of nitrogens with one attached hydrogen (secondary N) is 1. The Hall–Kier alpha value is -0.910. The Bertz CT molecular complexity index is 298. The number of nitrogens with zero attached hydrogens (tertiary/aromatic N) is 1. The second-order valence-electron chi connectivity index (χ2n) is 4.39. The molecule has 0 aromatic carbocycles. The van der Waals surface area contributed by atoms with E-state index in [4.69, 9.17) is 5.11 Å². The van der Waals surface area contributed by atoms with Crippen LogP contribution in [-0.2, 0) is 4.79 Å². The molecule has 1 aliphatic rings. The van der Waals surface area contributed by atoms with Gasteiger partial charge in [0, 0.05) is 18.3 Å². The van der Waals surface area contributed by atoms with E-state index in [1.165, 1.54) is 18.9 Å². The van der Waals surface area contributed by atoms with Crippen molar-refractivity contribution in [2.45, 2.75) is 43.5 Å². The van der Waals surface area contributed by atoms with Gasteiger partial charge in [-0.2, -0.15) is 11.8 Å². The summed E-state index contributed by atoms with van der Waals surface area (Å²) in [5.41, 5.74) is 0. The molecule has 0 aliphatic heterocycles. The van der Waals surface area contributed by atoms with Crippen LogP contribution >= 0.6 is 11.8 Å². The van der Waals surface area contributed by atoms with E-state index in [9.17, 15) is 9.59 Å². The first kappa shape index (κ1) is 14.2. The monoisotopic (exact) mass is 260 g/mol. The Morgan fingerprint density at radius 1 is 1.47 bits per heavy atom. The van der Waals surface area contributed by atoms with Crippen molar-refractivity contribution >= 4 is 23.8 Å². The number of urea groups is 1. The van der Waals surface area contributed by atoms with Crippen LogP contribution in [-0.4, -0.2) is 52.6 Å². The first-order valence-corrected chi connectivity index (χ1v) is 7.05. The van der Waals surface area contributed by atoms with E-state index in [1.807, 2.05) is 6.26 Å². The highest BCUT2D eigenvalue weighted by Crippen LogP contribution is 2.28. The summed E-state index contributed by atoms with van der Waals surface area (Å²) >= 11 is 1.76. The maximum atomic E-state index is 11.8. The maximum Gasteiger partial charge on any atom is 0.326 e. The first-order chi connectivity index (χ1) is 7.97. The number of carboxylic acids is 1. The topological polar surface area (TPSA) is 69.6 Å². The van der Waals surface area contributed by atoms with Crippen LogP contribution in [0.4, 0.5) is 4.79 Å². The number of carbonyl (C=O) groups excluding carboxylic acids is 1. The summed E-state index contributed by atoms with van der Waals surface area (Å²) in [4.78, 5) is 23.9. The third-order valence-corrected chi connectivity index (χ3v) is 4.49. The largest absolute Gasteiger partial charge is 0.480 e. The highest BCUT2D eigenvalue weighted by molar-refractivity contribution is 7.99. The molecule has 1 saturated carbocycles. The van der Waals surface area contributed by atoms with Gasteiger partial charge in [0.2, 0.25) is 0 Å². The normalized spacial score (nSPS) is 25.4. The zero-order valence-corrected chi connectivity index (χ0v) is 11.3. The number of aliphatic carboxylic acids is 1. The van der Waals surface area contributed by atoms with E-state index >= 15 is 0 Å². The van der Waals surface area contributed by atoms with Crippen molar-refractivity contribution in [3.8, 4) is 0 Å². The molecule has 0 aromatic heterocycles. The highest BCUT2D eigenvalue weighted by Gasteiger charge is 2.30. The number of amides is 2. The van der Waals surface area contributed by atoms with Crippen molar-refractivity contribution in [3.63, 3.8) is 0 Å². The summed E-state index contributed by atoms with van der Waals surface area (Å²) in [5, 5.41) is 12.2. The molecular weight excluding hydrogens is 240 g/mol. The van der Waals surface area contributed by atoms with Gasteiger partial charge in [0.15, 0.2) is 0 Å². The van der Waals surface area contributed by atoms with Gasteiger partial charge in [-0.05, 0) is 26.0 Å². The van der Waals surface area contributed by atoms with E-state index < -0.39 is 12.0 Å². The fraction of sp³-hybridized carbons (Fsp3) is 0.818. The third-order valence-electron chi connectivity index (χ3n) is 3.32. The number of rotatable bonds is 4. The molecule has 0 radical (unpaired) electrons. The summed E-state index contributed by atoms with van der Waals surface area (Å²) in [5.74, 6) is -0.990. The number of likely N-dealkylation sites (N-methyl/N-ethyl adjacent to an activating group) is 1. The van der Waals surface area contributed by atoms with Gasteiger partial charge in [0.1, 0.15) is 6.04 Å². The molecule has 5 nitrogen and oxygen atoms in total. The molecule has 0 aromatic rings. The number of hydrogen-bond acceptors (Lipinski definition) is 3. The third kappa shape index (κ3) is 3.52. The van der Waals surface area contributed by atoms with Gasteiger partial charge in [-0.15, -0.1) is 0 Å². The molecule has 1 aliphatic carbocycles. The Morgan fingerprint density at radius 2 is 2.12 bits per heavy atom. The van der Waals surface area contributed by atoms with Crippen LogP contribution in [0.2, 0.25) is 0 Å². The molecule has 6 heteroatoms. The molecule has 2 N–H and O–H groups in total. The summed E-state index contributed by atoms with van der Waals surface area (Å²) in [6.45, 7) is 1.50. The molecule has 1 rings (SSSR count). The molecular formula is C11H20N2O3S. The quantitative estimate of drug-likeness (QED) is 0.801. The molecule has 98 valence electrons. The number of thioether (sulfide) groups is 1. The van der Waals surface area contributed by atoms with Crippen molar-refractivity contribution in [2.24, 2.45) is 0 Å². The second-order valence-corrected chi connectivity index (χ2v) is 5.46. The molecule has 0 bridgehead atoms. The van der Waals surface area contributed by atoms with Gasteiger partial charge in [0.25, 0.3) is 0 Å². The Balaban J connectivity index is 2.51. The van der Waals surface area contributed by atoms with Crippen LogP contribution in [0.25, 0.3) is 0 Å². The zero-order valence-electron chi connectivity index (χ0n) is 10.5. The van der Waals surface area contributed by atoms with Crippen molar-refractivity contribution in [2.75, 3.05) is 13.3 Å². The first-order valence-electron chi connectivity index (χ1n) is 5.76. The fourth-order valence-corrected chi connectivity index (χ4v) is 2.91. The Labute approximate surface area is 106 Å². The minimum Gasteiger partial charge on any atom is -0.480 e. The van der Waals surface area contributed by atoms with Gasteiger partial charge in [-0.25, -0.2) is 9.59 Å². The van der Waals surface area contributed by atoms with Crippen molar-refractivity contribution in [3.05, 3.63) is 0 Å². The molecule has 0 spiro atoms. The molecule has 2 amide bonds. The molecule has 1 fully saturated rings. The summed E-state index contributed by atoms with van der Waals surface area (Å²) in [6.07, 6.45) is 5.25. The zero-order chi connectivity index (χ0) is 13.0. The lowest BCUT2D eigenvalue weighted by Gasteiger charge is -2.26. The van der Waals surface area contributed by atoms with Crippen molar-refractivity contribution in [1.82, 2.24) is 10.2 Å². The van der Waals surface area contributed by atoms with E-state index in [0.29, 0.717) is 5.25 Å². The summed E-state index contributed by atoms with van der Waals surface area (Å²) in [7, 11) is 1.51. The second kappa shape index (κ2) is 6.14. The smallest absolute Gasteiger partial charge is 0.326 e. The van der Waals surface area contributed by atoms with Gasteiger partial charge in [0.05, 0.1) is 0 Å². The SMILES string of the molecule is CSC1CCCC1NC(=O)N(C)C(C)C(=O)O. The van der Waals surface area contributed by atoms with Crippen LogP contribution in [0.3, 0.4) is 0 Å². The lowest BCUT2D eigenvalue weighted by Crippen LogP contribution is -2.50. The lowest BCUT2D eigenvalue weighted by molar-refractivity contribution is -0.141. The predicted molar refractivity (Wildman–Crippen MR) is 68.3 cm³/mol. The van der Waals surface area contributed by atoms with Crippen LogP contribution < -0.4 is 5.32 Å². The maximum absolute atomic E-state index is 11.8. The van der Waals surface area contributed by atoms with Crippen LogP contribution in [0.5, 0.6) is 0 Å². The van der Waals surface area contributed by atoms with E-state index in [0.717, 1.165) is 19.3 Å². The summed E-state index contributed by atoms with van der Waals surface area (Å²) in [6, 6.07) is -0.934. The Kier molecular flexibility index (Phi) is 5.11. The highest BCUT2D eigenvalue weighted by atomic mass is 32.2. The minimum absolute atomic E-state index is 0.168. The molecule has 0 saturated heterocycles. The summed E-state index contributed by atoms with van der Waals surface area (Å²) < 4.78 is 0. The Morgan fingerprint density at radius 3 is 2.65 bits per heavy atom. The van der Waals surface area contributed by atoms with Gasteiger partial charge < -0.3 is 15.3 Å². The van der Waals surface area contributed by atoms with Crippen LogP contribution in [0.1, 0.15) is 26.2 Å². The van der Waals surface area contributed by atoms with Gasteiger partial charge >= 0.3 is 12.0 Å². The van der Waals surface area contributed by atoms with Crippen LogP contribution in [0, 0.1) is 0 Å². The molecule has 17 heavy (non-hydrogen) atoms. The molecule has 3 atom stereocenters. The van der Waals surface area contributed by atoms with E-state index in [1.54, 1.807) is 11.8 Å². The number of hydrogen-bond donors (Lipinski definition) is 2. The van der Waals surface area contributed by atoms with E-state index in [-0.39, 0.29) is 12.1 Å². The minimum atomic E-state index is -0.990. The lowest BCUT2D eigenvalue weighted by atomic mass is 10.2. The standard InChI is InChI=1S/C11H20N2O3S/c1-7(10(14)15)13(2)11(16)12-8-5-4-6-9(8)17-3/h7-9H,4-6H2,1-3H3,(H,12,16)(H,14,15). The fourth-order valence-electron chi connectivity index (χ4n) is 1.98. The van der Waals surface area contributed by atoms with Gasteiger partial charge in [-0.1, -0.05) is 6.42 Å². The number of carboxylic acid groups (broad SMARTS) is 1. The molecule has 0 heterocycles. The van der Waals surface area contributed by atoms with E-state index in [2.05, 4.69) is 5.32 Å². The van der Waals surface area contributed by atoms with Crippen molar-refractivity contribution < 1.29 is 14.7 Å². The average molecular weight is 260 g/mol.